The van der Waals surface area contributed by atoms with Gasteiger partial charge in [0.2, 0.25) is 5.91 Å². The van der Waals surface area contributed by atoms with E-state index in [1.54, 1.807) is 54.3 Å². The predicted octanol–water partition coefficient (Wildman–Crippen LogP) is 6.13. The summed E-state index contributed by atoms with van der Waals surface area (Å²) in [6.45, 7) is 1.51. The maximum absolute atomic E-state index is 12.7. The zero-order valence-electron chi connectivity index (χ0n) is 20.6. The van der Waals surface area contributed by atoms with Crippen molar-refractivity contribution in [3.63, 3.8) is 0 Å². The number of nitrogens with one attached hydrogen (secondary N) is 1. The van der Waals surface area contributed by atoms with E-state index in [9.17, 15) is 14.4 Å². The first-order chi connectivity index (χ1) is 18.4. The summed E-state index contributed by atoms with van der Waals surface area (Å²) in [5.74, 6) is -0.538. The van der Waals surface area contributed by atoms with Crippen LogP contribution >= 0.6 is 11.6 Å². The van der Waals surface area contributed by atoms with Crippen molar-refractivity contribution < 1.29 is 23.9 Å². The summed E-state index contributed by atoms with van der Waals surface area (Å²) in [6.07, 6.45) is 0.0160. The van der Waals surface area contributed by atoms with Crippen LogP contribution in [-0.2, 0) is 19.1 Å². The molecule has 1 saturated heterocycles. The molecule has 0 spiro atoms. The molecule has 1 aliphatic rings. The summed E-state index contributed by atoms with van der Waals surface area (Å²) in [5.41, 5.74) is 1.93. The van der Waals surface area contributed by atoms with Crippen LogP contribution in [0.1, 0.15) is 12.0 Å². The van der Waals surface area contributed by atoms with Crippen molar-refractivity contribution in [2.24, 2.45) is 5.92 Å². The molecule has 4 aromatic carbocycles. The topological polar surface area (TPSA) is 84.9 Å². The Morgan fingerprint density at radius 1 is 0.974 bits per heavy atom. The fourth-order valence-corrected chi connectivity index (χ4v) is 4.58. The van der Waals surface area contributed by atoms with E-state index in [0.29, 0.717) is 22.1 Å². The molecule has 7 nitrogen and oxygen atoms in total. The van der Waals surface area contributed by atoms with Crippen LogP contribution in [0.2, 0.25) is 5.02 Å². The number of carbonyl (C=O) groups is 3. The van der Waals surface area contributed by atoms with Crippen LogP contribution in [0.15, 0.2) is 84.9 Å². The molecule has 0 unspecified atom stereocenters. The minimum Gasteiger partial charge on any atom is -0.457 e. The minimum atomic E-state index is -0.658. The molecule has 38 heavy (non-hydrogen) atoms. The highest BCUT2D eigenvalue weighted by Gasteiger charge is 2.36. The SMILES string of the molecule is Cc1c(Cl)cccc1NC(=O)COC(=O)[C@@H]1CC(=O)N(c2ccc(Oc3cccc4ccccc34)cc2)C1. The van der Waals surface area contributed by atoms with Crippen molar-refractivity contribution in [1.29, 1.82) is 0 Å². The average molecular weight is 529 g/mol. The number of hydrogen-bond acceptors (Lipinski definition) is 5. The standard InChI is InChI=1S/C30H25ClN2O5/c1-19-25(31)9-5-10-26(19)32-28(34)18-37-30(36)21-16-29(35)33(17-21)22-12-14-23(15-13-22)38-27-11-4-7-20-6-2-3-8-24(20)27/h2-15,21H,16-18H2,1H3,(H,32,34)/t21-/m1/s1. The first-order valence-electron chi connectivity index (χ1n) is 12.2. The molecule has 0 aliphatic carbocycles. The van der Waals surface area contributed by atoms with Crippen LogP contribution in [0.25, 0.3) is 10.8 Å². The highest BCUT2D eigenvalue weighted by Crippen LogP contribution is 2.32. The van der Waals surface area contributed by atoms with E-state index < -0.39 is 24.4 Å². The van der Waals surface area contributed by atoms with Gasteiger partial charge in [0.15, 0.2) is 6.61 Å². The molecule has 0 aromatic heterocycles. The number of ether oxygens (including phenoxy) is 2. The Hall–Kier alpha value is -4.36. The fourth-order valence-electron chi connectivity index (χ4n) is 4.40. The largest absolute Gasteiger partial charge is 0.457 e. The van der Waals surface area contributed by atoms with Crippen LogP contribution in [0.4, 0.5) is 11.4 Å². The van der Waals surface area contributed by atoms with Gasteiger partial charge in [-0.2, -0.15) is 0 Å². The Morgan fingerprint density at radius 3 is 2.53 bits per heavy atom. The van der Waals surface area contributed by atoms with Gasteiger partial charge in [-0.3, -0.25) is 14.4 Å². The Kier molecular flexibility index (Phi) is 7.29. The van der Waals surface area contributed by atoms with Crippen LogP contribution in [0.5, 0.6) is 11.5 Å². The lowest BCUT2D eigenvalue weighted by molar-refractivity contribution is -0.151. The van der Waals surface area contributed by atoms with Crippen molar-refractivity contribution >= 4 is 51.5 Å². The third-order valence-corrected chi connectivity index (χ3v) is 6.88. The summed E-state index contributed by atoms with van der Waals surface area (Å²) < 4.78 is 11.3. The maximum atomic E-state index is 12.7. The molecule has 4 aromatic rings. The Bertz CT molecular complexity index is 1510. The Labute approximate surface area is 224 Å². The molecule has 1 aliphatic heterocycles. The van der Waals surface area contributed by atoms with Crippen molar-refractivity contribution in [2.45, 2.75) is 13.3 Å². The molecule has 0 bridgehead atoms. The molecular weight excluding hydrogens is 504 g/mol. The van der Waals surface area contributed by atoms with E-state index in [4.69, 9.17) is 21.1 Å². The van der Waals surface area contributed by atoms with Crippen LogP contribution < -0.4 is 15.0 Å². The van der Waals surface area contributed by atoms with E-state index in [2.05, 4.69) is 5.32 Å². The molecular formula is C30H25ClN2O5. The predicted molar refractivity (Wildman–Crippen MR) is 147 cm³/mol. The molecule has 2 amide bonds. The van der Waals surface area contributed by atoms with Crippen LogP contribution in [0.3, 0.4) is 0 Å². The number of carbonyl (C=O) groups excluding carboxylic acids is 3. The molecule has 1 N–H and O–H groups in total. The molecule has 8 heteroatoms. The lowest BCUT2D eigenvalue weighted by atomic mass is 10.1. The summed E-state index contributed by atoms with van der Waals surface area (Å²) in [4.78, 5) is 39.0. The van der Waals surface area contributed by atoms with Gasteiger partial charge >= 0.3 is 5.97 Å². The quantitative estimate of drug-likeness (QED) is 0.292. The number of amides is 2. The second kappa shape index (κ2) is 10.9. The Morgan fingerprint density at radius 2 is 1.71 bits per heavy atom. The van der Waals surface area contributed by atoms with Gasteiger partial charge < -0.3 is 19.7 Å². The molecule has 0 saturated carbocycles. The summed E-state index contributed by atoms with van der Waals surface area (Å²) in [7, 11) is 0. The lowest BCUT2D eigenvalue weighted by Crippen LogP contribution is -2.28. The number of rotatable bonds is 7. The van der Waals surface area contributed by atoms with Gasteiger partial charge in [0, 0.05) is 34.7 Å². The fraction of sp³-hybridized carbons (Fsp3) is 0.167. The first-order valence-corrected chi connectivity index (χ1v) is 12.5. The van der Waals surface area contributed by atoms with Crippen molar-refractivity contribution in [1.82, 2.24) is 0 Å². The van der Waals surface area contributed by atoms with Crippen LogP contribution in [0, 0.1) is 12.8 Å². The van der Waals surface area contributed by atoms with Gasteiger partial charge in [0.05, 0.1) is 5.92 Å². The number of anilines is 2. The molecule has 1 heterocycles. The second-order valence-corrected chi connectivity index (χ2v) is 9.45. The zero-order valence-corrected chi connectivity index (χ0v) is 21.4. The van der Waals surface area contributed by atoms with Crippen molar-refractivity contribution in [3.05, 3.63) is 95.5 Å². The number of benzene rings is 4. The third-order valence-electron chi connectivity index (χ3n) is 6.47. The minimum absolute atomic E-state index is 0.0160. The van der Waals surface area contributed by atoms with E-state index in [0.717, 1.165) is 22.1 Å². The van der Waals surface area contributed by atoms with Gasteiger partial charge in [-0.1, -0.05) is 54.1 Å². The van der Waals surface area contributed by atoms with E-state index in [1.807, 2.05) is 42.5 Å². The molecule has 0 radical (unpaired) electrons. The number of esters is 1. The first kappa shape index (κ1) is 25.3. The van der Waals surface area contributed by atoms with E-state index in [-0.39, 0.29) is 18.9 Å². The second-order valence-electron chi connectivity index (χ2n) is 9.05. The summed E-state index contributed by atoms with van der Waals surface area (Å²) in [6, 6.07) is 26.2. The molecule has 5 rings (SSSR count). The Balaban J connectivity index is 1.17. The van der Waals surface area contributed by atoms with Crippen LogP contribution in [-0.4, -0.2) is 30.9 Å². The zero-order chi connectivity index (χ0) is 26.6. The highest BCUT2D eigenvalue weighted by molar-refractivity contribution is 6.31. The smallest absolute Gasteiger partial charge is 0.311 e. The highest BCUT2D eigenvalue weighted by atomic mass is 35.5. The van der Waals surface area contributed by atoms with Gasteiger partial charge in [-0.05, 0) is 60.3 Å². The van der Waals surface area contributed by atoms with Gasteiger partial charge in [-0.15, -0.1) is 0 Å². The normalized spacial score (nSPS) is 14.9. The molecule has 1 fully saturated rings. The summed E-state index contributed by atoms with van der Waals surface area (Å²) in [5, 5.41) is 5.30. The van der Waals surface area contributed by atoms with Gasteiger partial charge in [0.25, 0.3) is 5.91 Å². The number of nitrogens with zero attached hydrogens (tertiary/aromatic N) is 1. The molecule has 1 atom stereocenters. The van der Waals surface area contributed by atoms with Crippen molar-refractivity contribution in [3.8, 4) is 11.5 Å². The monoisotopic (exact) mass is 528 g/mol. The van der Waals surface area contributed by atoms with Gasteiger partial charge in [-0.25, -0.2) is 0 Å². The number of fused-ring (bicyclic) bond motifs is 1. The number of halogens is 1. The average Bonchev–Trinajstić information content (AvgIpc) is 3.32. The van der Waals surface area contributed by atoms with E-state index >= 15 is 0 Å². The third kappa shape index (κ3) is 5.48. The summed E-state index contributed by atoms with van der Waals surface area (Å²) >= 11 is 6.07. The van der Waals surface area contributed by atoms with E-state index in [1.165, 1.54) is 0 Å². The lowest BCUT2D eigenvalue weighted by Gasteiger charge is -2.17. The molecule has 192 valence electrons. The van der Waals surface area contributed by atoms with Crippen molar-refractivity contribution in [2.75, 3.05) is 23.4 Å². The number of hydrogen-bond donors (Lipinski definition) is 1. The van der Waals surface area contributed by atoms with Gasteiger partial charge in [0.1, 0.15) is 11.5 Å². The maximum Gasteiger partial charge on any atom is 0.311 e.